The maximum Gasteiger partial charge on any atom is 0.274 e. The van der Waals surface area contributed by atoms with Crippen LogP contribution in [0, 0.1) is 0 Å². The topological polar surface area (TPSA) is 75.0 Å². The van der Waals surface area contributed by atoms with Crippen molar-refractivity contribution in [2.75, 3.05) is 13.1 Å². The van der Waals surface area contributed by atoms with Crippen molar-refractivity contribution in [1.82, 2.24) is 20.1 Å². The first-order chi connectivity index (χ1) is 14.3. The van der Waals surface area contributed by atoms with Crippen molar-refractivity contribution >= 4 is 17.5 Å². The molecule has 3 heterocycles. The summed E-state index contributed by atoms with van der Waals surface area (Å²) in [4.78, 5) is 19.3. The summed E-state index contributed by atoms with van der Waals surface area (Å²) in [6.45, 7) is 7.60. The Hall–Kier alpha value is -2.60. The van der Waals surface area contributed by atoms with Crippen LogP contribution >= 0.6 is 11.6 Å². The molecule has 2 aromatic heterocycles. The van der Waals surface area contributed by atoms with Crippen LogP contribution in [0.15, 0.2) is 40.9 Å². The number of aromatic amines is 1. The van der Waals surface area contributed by atoms with E-state index in [0.717, 1.165) is 41.4 Å². The maximum atomic E-state index is 13.0. The third-order valence-electron chi connectivity index (χ3n) is 5.53. The Bertz CT molecular complexity index is 1020. The van der Waals surface area contributed by atoms with Crippen molar-refractivity contribution in [2.45, 2.75) is 51.4 Å². The van der Waals surface area contributed by atoms with Crippen molar-refractivity contribution in [1.29, 1.82) is 0 Å². The second-order valence-electron chi connectivity index (χ2n) is 8.98. The van der Waals surface area contributed by atoms with Crippen LogP contribution in [0.4, 0.5) is 0 Å². The molecule has 0 bridgehead atoms. The summed E-state index contributed by atoms with van der Waals surface area (Å²) in [5, 5.41) is 7.97. The van der Waals surface area contributed by atoms with E-state index in [9.17, 15) is 4.79 Å². The molecule has 0 radical (unpaired) electrons. The van der Waals surface area contributed by atoms with Crippen LogP contribution in [0.2, 0.25) is 5.02 Å². The lowest BCUT2D eigenvalue weighted by atomic mass is 9.92. The second kappa shape index (κ2) is 8.26. The summed E-state index contributed by atoms with van der Waals surface area (Å²) in [7, 11) is 0. The Labute approximate surface area is 181 Å². The van der Waals surface area contributed by atoms with Crippen molar-refractivity contribution in [3.8, 4) is 0 Å². The average molecular weight is 427 g/mol. The minimum absolute atomic E-state index is 0.0422. The quantitative estimate of drug-likeness (QED) is 0.639. The molecule has 1 aliphatic heterocycles. The van der Waals surface area contributed by atoms with E-state index in [4.69, 9.17) is 16.0 Å². The monoisotopic (exact) mass is 426 g/mol. The molecule has 1 fully saturated rings. The Morgan fingerprint density at radius 2 is 2.07 bits per heavy atom. The Morgan fingerprint density at radius 3 is 2.77 bits per heavy atom. The molecule has 0 spiro atoms. The molecule has 1 amide bonds. The lowest BCUT2D eigenvalue weighted by Gasteiger charge is -2.30. The largest absolute Gasteiger partial charge is 0.445 e. The fourth-order valence-electron chi connectivity index (χ4n) is 3.74. The van der Waals surface area contributed by atoms with Crippen LogP contribution in [0.5, 0.6) is 0 Å². The van der Waals surface area contributed by atoms with Gasteiger partial charge < -0.3 is 9.32 Å². The van der Waals surface area contributed by atoms with Gasteiger partial charge >= 0.3 is 0 Å². The molecular formula is C23H27ClN4O2. The van der Waals surface area contributed by atoms with Crippen LogP contribution in [0.25, 0.3) is 0 Å². The number of nitrogens with one attached hydrogen (secondary N) is 1. The fraction of sp³-hybridized carbons (Fsp3) is 0.435. The number of hydrogen-bond donors (Lipinski definition) is 1. The highest BCUT2D eigenvalue weighted by molar-refractivity contribution is 6.30. The first-order valence-corrected chi connectivity index (χ1v) is 10.7. The highest BCUT2D eigenvalue weighted by Crippen LogP contribution is 2.28. The third kappa shape index (κ3) is 4.59. The van der Waals surface area contributed by atoms with Crippen LogP contribution < -0.4 is 0 Å². The number of carbonyl (C=O) groups is 1. The zero-order valence-electron chi connectivity index (χ0n) is 17.6. The van der Waals surface area contributed by atoms with Gasteiger partial charge in [-0.2, -0.15) is 5.10 Å². The fourth-order valence-corrected chi connectivity index (χ4v) is 3.86. The number of piperidine rings is 1. The molecule has 0 aliphatic carbocycles. The number of nitrogens with zero attached hydrogens (tertiary/aromatic N) is 3. The summed E-state index contributed by atoms with van der Waals surface area (Å²) in [6.07, 6.45) is 4.33. The van der Waals surface area contributed by atoms with Gasteiger partial charge in [-0.15, -0.1) is 0 Å². The van der Waals surface area contributed by atoms with Crippen molar-refractivity contribution in [2.24, 2.45) is 0 Å². The standard InChI is InChI=1S/C23H27ClN4O2/c1-23(2,3)20-12-19(26-27-20)22(29)28-10-4-5-16(14-28)21-25-13-18(30-21)11-15-6-8-17(24)9-7-15/h6-9,12-13,16H,4-5,10-11,14H2,1-3H3,(H,26,27)/t16-/m1/s1. The van der Waals surface area contributed by atoms with Crippen LogP contribution in [-0.2, 0) is 11.8 Å². The number of oxazole rings is 1. The molecule has 30 heavy (non-hydrogen) atoms. The lowest BCUT2D eigenvalue weighted by Crippen LogP contribution is -2.39. The number of benzene rings is 1. The van der Waals surface area contributed by atoms with Gasteiger partial charge in [0.15, 0.2) is 5.89 Å². The molecule has 7 heteroatoms. The number of halogens is 1. The van der Waals surface area contributed by atoms with Gasteiger partial charge in [0.25, 0.3) is 5.91 Å². The number of rotatable bonds is 4. The molecule has 158 valence electrons. The molecule has 1 saturated heterocycles. The van der Waals surface area contributed by atoms with E-state index in [1.165, 1.54) is 0 Å². The van der Waals surface area contributed by atoms with Crippen LogP contribution in [0.3, 0.4) is 0 Å². The number of H-pyrrole nitrogens is 1. The molecule has 3 aromatic rings. The zero-order valence-corrected chi connectivity index (χ0v) is 18.4. The van der Waals surface area contributed by atoms with Crippen LogP contribution in [0.1, 0.15) is 72.9 Å². The number of likely N-dealkylation sites (tertiary alicyclic amines) is 1. The summed E-state index contributed by atoms with van der Waals surface area (Å²) < 4.78 is 6.04. The van der Waals surface area contributed by atoms with Crippen LogP contribution in [-0.4, -0.2) is 39.1 Å². The molecule has 1 aliphatic rings. The van der Waals surface area contributed by atoms with E-state index in [1.54, 1.807) is 6.20 Å². The normalized spacial score (nSPS) is 17.3. The SMILES string of the molecule is CC(C)(C)c1cc(C(=O)N2CCC[C@@H](c3ncc(Cc4ccc(Cl)cc4)o3)C2)n[nH]1. The zero-order chi connectivity index (χ0) is 21.3. The molecule has 1 atom stereocenters. The number of aromatic nitrogens is 3. The Kier molecular flexibility index (Phi) is 5.69. The molecular weight excluding hydrogens is 400 g/mol. The lowest BCUT2D eigenvalue weighted by molar-refractivity contribution is 0.0692. The van der Waals surface area contributed by atoms with Crippen molar-refractivity contribution < 1.29 is 9.21 Å². The molecule has 0 unspecified atom stereocenters. The molecule has 0 saturated carbocycles. The van der Waals surface area contributed by atoms with Gasteiger partial charge in [0.1, 0.15) is 11.5 Å². The van der Waals surface area contributed by atoms with Gasteiger partial charge in [0.2, 0.25) is 0 Å². The minimum Gasteiger partial charge on any atom is -0.445 e. The highest BCUT2D eigenvalue weighted by Gasteiger charge is 2.30. The van der Waals surface area contributed by atoms with Gasteiger partial charge in [-0.05, 0) is 36.6 Å². The van der Waals surface area contributed by atoms with Gasteiger partial charge in [-0.25, -0.2) is 4.98 Å². The van der Waals surface area contributed by atoms with E-state index in [2.05, 4.69) is 36.0 Å². The van der Waals surface area contributed by atoms with Crippen molar-refractivity contribution in [3.63, 3.8) is 0 Å². The smallest absolute Gasteiger partial charge is 0.274 e. The van der Waals surface area contributed by atoms with E-state index < -0.39 is 0 Å². The second-order valence-corrected chi connectivity index (χ2v) is 9.41. The molecule has 1 aromatic carbocycles. The first kappa shape index (κ1) is 20.7. The van der Waals surface area contributed by atoms with Gasteiger partial charge in [0.05, 0.1) is 12.1 Å². The number of carbonyl (C=O) groups excluding carboxylic acids is 1. The van der Waals surface area contributed by atoms with Gasteiger partial charge in [-0.3, -0.25) is 9.89 Å². The third-order valence-corrected chi connectivity index (χ3v) is 5.78. The Balaban J connectivity index is 1.42. The predicted molar refractivity (Wildman–Crippen MR) is 116 cm³/mol. The molecule has 6 nitrogen and oxygen atoms in total. The Morgan fingerprint density at radius 1 is 1.30 bits per heavy atom. The first-order valence-electron chi connectivity index (χ1n) is 10.3. The summed E-state index contributed by atoms with van der Waals surface area (Å²) in [6, 6.07) is 9.58. The van der Waals surface area contributed by atoms with E-state index >= 15 is 0 Å². The van der Waals surface area contributed by atoms with E-state index in [1.807, 2.05) is 35.2 Å². The number of amides is 1. The summed E-state index contributed by atoms with van der Waals surface area (Å²) in [5.41, 5.74) is 2.47. The maximum absolute atomic E-state index is 13.0. The molecule has 1 N–H and O–H groups in total. The average Bonchev–Trinajstić information content (AvgIpc) is 3.39. The van der Waals surface area contributed by atoms with E-state index in [0.29, 0.717) is 24.6 Å². The predicted octanol–water partition coefficient (Wildman–Crippen LogP) is 4.96. The minimum atomic E-state index is -0.0749. The van der Waals surface area contributed by atoms with Crippen molar-refractivity contribution in [3.05, 3.63) is 70.2 Å². The summed E-state index contributed by atoms with van der Waals surface area (Å²) >= 11 is 5.95. The number of hydrogen-bond acceptors (Lipinski definition) is 4. The summed E-state index contributed by atoms with van der Waals surface area (Å²) in [5.74, 6) is 1.58. The van der Waals surface area contributed by atoms with Gasteiger partial charge in [-0.1, -0.05) is 44.5 Å². The highest BCUT2D eigenvalue weighted by atomic mass is 35.5. The van der Waals surface area contributed by atoms with E-state index in [-0.39, 0.29) is 17.2 Å². The molecule has 4 rings (SSSR count). The van der Waals surface area contributed by atoms with Gasteiger partial charge in [0, 0.05) is 35.6 Å².